The van der Waals surface area contributed by atoms with Gasteiger partial charge in [0.15, 0.2) is 0 Å². The number of carbonyl (C=O) groups excluding carboxylic acids is 1. The summed E-state index contributed by atoms with van der Waals surface area (Å²) in [6.07, 6.45) is 5.75. The number of methoxy groups -OCH3 is 2. The van der Waals surface area contributed by atoms with Crippen LogP contribution in [0.2, 0.25) is 0 Å². The number of aryl methyl sites for hydroxylation is 1. The predicted molar refractivity (Wildman–Crippen MR) is 128 cm³/mol. The largest absolute Gasteiger partial charge is 0.496 e. The van der Waals surface area contributed by atoms with E-state index in [1.807, 2.05) is 43.0 Å². The Kier molecular flexibility index (Phi) is 6.26. The van der Waals surface area contributed by atoms with Crippen molar-refractivity contribution in [2.75, 3.05) is 27.3 Å². The summed E-state index contributed by atoms with van der Waals surface area (Å²) < 4.78 is 17.3. The van der Waals surface area contributed by atoms with E-state index < -0.39 is 0 Å². The van der Waals surface area contributed by atoms with Crippen molar-refractivity contribution in [2.24, 2.45) is 5.92 Å². The standard InChI is InChI=1S/C27H31NO4/c1-17-9-8-12-28(15-17)25(29)13-18(2)21-14-22-23(20-10-6-7-11-24(20)30-4)16-32-27(22)19(3)26(21)31-5/h6-7,10-11,13-14,16-17H,8-9,12,15H2,1-5H3/b18-13+. The van der Waals surface area contributed by atoms with Crippen molar-refractivity contribution in [3.63, 3.8) is 0 Å². The zero-order valence-electron chi connectivity index (χ0n) is 19.5. The number of rotatable bonds is 5. The van der Waals surface area contributed by atoms with Crippen molar-refractivity contribution >= 4 is 22.4 Å². The summed E-state index contributed by atoms with van der Waals surface area (Å²) in [6, 6.07) is 9.95. The lowest BCUT2D eigenvalue weighted by atomic mass is 9.95. The van der Waals surface area contributed by atoms with Gasteiger partial charge in [0.2, 0.25) is 5.91 Å². The average Bonchev–Trinajstić information content (AvgIpc) is 3.23. The van der Waals surface area contributed by atoms with Crippen LogP contribution in [0, 0.1) is 12.8 Å². The number of hydrogen-bond acceptors (Lipinski definition) is 4. The normalized spacial score (nSPS) is 17.0. The minimum Gasteiger partial charge on any atom is -0.496 e. The number of carbonyl (C=O) groups is 1. The molecule has 4 rings (SSSR count). The molecule has 1 aliphatic rings. The molecule has 5 heteroatoms. The van der Waals surface area contributed by atoms with Crippen molar-refractivity contribution in [1.29, 1.82) is 0 Å². The highest BCUT2D eigenvalue weighted by atomic mass is 16.5. The van der Waals surface area contributed by atoms with Crippen LogP contribution in [0.3, 0.4) is 0 Å². The summed E-state index contributed by atoms with van der Waals surface area (Å²) >= 11 is 0. The summed E-state index contributed by atoms with van der Waals surface area (Å²) in [4.78, 5) is 14.9. The average molecular weight is 434 g/mol. The van der Waals surface area contributed by atoms with Gasteiger partial charge in [-0.15, -0.1) is 0 Å². The molecule has 0 saturated carbocycles. The Morgan fingerprint density at radius 2 is 1.97 bits per heavy atom. The van der Waals surface area contributed by atoms with Crippen LogP contribution in [0.5, 0.6) is 11.5 Å². The smallest absolute Gasteiger partial charge is 0.246 e. The van der Waals surface area contributed by atoms with Crippen LogP contribution in [-0.4, -0.2) is 38.1 Å². The molecule has 1 saturated heterocycles. The van der Waals surface area contributed by atoms with Crippen molar-refractivity contribution in [2.45, 2.75) is 33.6 Å². The molecule has 1 atom stereocenters. The fourth-order valence-electron chi connectivity index (χ4n) is 4.69. The zero-order valence-corrected chi connectivity index (χ0v) is 19.5. The molecular weight excluding hydrogens is 402 g/mol. The molecule has 1 fully saturated rings. The molecule has 32 heavy (non-hydrogen) atoms. The molecule has 1 amide bonds. The molecule has 168 valence electrons. The van der Waals surface area contributed by atoms with E-state index in [0.29, 0.717) is 5.92 Å². The van der Waals surface area contributed by atoms with Gasteiger partial charge < -0.3 is 18.8 Å². The molecule has 2 aromatic carbocycles. The van der Waals surface area contributed by atoms with E-state index in [4.69, 9.17) is 13.9 Å². The van der Waals surface area contributed by atoms with Crippen molar-refractivity contribution in [3.05, 3.63) is 53.8 Å². The second-order valence-electron chi connectivity index (χ2n) is 8.67. The van der Waals surface area contributed by atoms with Gasteiger partial charge in [0, 0.05) is 46.8 Å². The van der Waals surface area contributed by atoms with Crippen LogP contribution < -0.4 is 9.47 Å². The predicted octanol–water partition coefficient (Wildman–Crippen LogP) is 6.09. The number of para-hydroxylation sites is 1. The van der Waals surface area contributed by atoms with E-state index in [1.54, 1.807) is 26.6 Å². The number of amides is 1. The van der Waals surface area contributed by atoms with Gasteiger partial charge in [-0.25, -0.2) is 0 Å². The SMILES string of the molecule is COc1ccccc1-c1coc2c(C)c(OC)c(/C(C)=C/C(=O)N3CCCC(C)C3)cc12. The number of fused-ring (bicyclic) bond motifs is 1. The van der Waals surface area contributed by atoms with Gasteiger partial charge in [0.25, 0.3) is 0 Å². The number of piperidine rings is 1. The van der Waals surface area contributed by atoms with E-state index in [1.165, 1.54) is 6.42 Å². The Balaban J connectivity index is 1.81. The Morgan fingerprint density at radius 3 is 2.69 bits per heavy atom. The highest BCUT2D eigenvalue weighted by Gasteiger charge is 2.22. The summed E-state index contributed by atoms with van der Waals surface area (Å²) in [6.45, 7) is 7.80. The molecule has 0 aliphatic carbocycles. The molecule has 2 heterocycles. The number of allylic oxidation sites excluding steroid dienone is 1. The van der Waals surface area contributed by atoms with Crippen LogP contribution in [0.25, 0.3) is 27.7 Å². The number of nitrogens with zero attached hydrogens (tertiary/aromatic N) is 1. The van der Waals surface area contributed by atoms with E-state index in [-0.39, 0.29) is 5.91 Å². The van der Waals surface area contributed by atoms with Gasteiger partial charge in [-0.1, -0.05) is 25.1 Å². The minimum atomic E-state index is 0.0611. The number of benzene rings is 2. The molecule has 5 nitrogen and oxygen atoms in total. The second-order valence-corrected chi connectivity index (χ2v) is 8.67. The number of likely N-dealkylation sites (tertiary alicyclic amines) is 1. The minimum absolute atomic E-state index is 0.0611. The van der Waals surface area contributed by atoms with Crippen LogP contribution in [-0.2, 0) is 4.79 Å². The van der Waals surface area contributed by atoms with E-state index in [9.17, 15) is 4.79 Å². The van der Waals surface area contributed by atoms with Gasteiger partial charge in [-0.05, 0) is 50.3 Å². The van der Waals surface area contributed by atoms with E-state index in [0.717, 1.165) is 69.8 Å². The summed E-state index contributed by atoms with van der Waals surface area (Å²) in [5.74, 6) is 2.12. The fraction of sp³-hybridized carbons (Fsp3) is 0.370. The van der Waals surface area contributed by atoms with Crippen LogP contribution in [0.15, 0.2) is 47.1 Å². The number of ether oxygens (including phenoxy) is 2. The van der Waals surface area contributed by atoms with Gasteiger partial charge in [-0.2, -0.15) is 0 Å². The molecule has 0 radical (unpaired) electrons. The van der Waals surface area contributed by atoms with E-state index in [2.05, 4.69) is 13.0 Å². The highest BCUT2D eigenvalue weighted by Crippen LogP contribution is 2.42. The van der Waals surface area contributed by atoms with E-state index >= 15 is 0 Å². The third kappa shape index (κ3) is 3.99. The molecular formula is C27H31NO4. The monoisotopic (exact) mass is 433 g/mol. The van der Waals surface area contributed by atoms with Crippen molar-refractivity contribution in [1.82, 2.24) is 4.90 Å². The molecule has 3 aromatic rings. The summed E-state index contributed by atoms with van der Waals surface area (Å²) in [5, 5.41) is 0.967. The van der Waals surface area contributed by atoms with Gasteiger partial charge in [0.1, 0.15) is 17.1 Å². The van der Waals surface area contributed by atoms with Gasteiger partial charge >= 0.3 is 0 Å². The first kappa shape index (κ1) is 22.0. The maximum Gasteiger partial charge on any atom is 0.246 e. The lowest BCUT2D eigenvalue weighted by Gasteiger charge is -2.30. The quantitative estimate of drug-likeness (QED) is 0.457. The third-order valence-corrected chi connectivity index (χ3v) is 6.38. The number of furan rings is 1. The van der Waals surface area contributed by atoms with Crippen molar-refractivity contribution < 1.29 is 18.7 Å². The lowest BCUT2D eigenvalue weighted by Crippen LogP contribution is -2.38. The molecule has 0 spiro atoms. The Bertz CT molecular complexity index is 1170. The number of hydrogen-bond donors (Lipinski definition) is 0. The van der Waals surface area contributed by atoms with Gasteiger partial charge in [-0.3, -0.25) is 4.79 Å². The third-order valence-electron chi connectivity index (χ3n) is 6.38. The first-order valence-electron chi connectivity index (χ1n) is 11.1. The maximum absolute atomic E-state index is 13.0. The first-order valence-corrected chi connectivity index (χ1v) is 11.1. The topological polar surface area (TPSA) is 51.9 Å². The highest BCUT2D eigenvalue weighted by molar-refractivity contribution is 6.02. The molecule has 1 aliphatic heterocycles. The second kappa shape index (κ2) is 9.11. The summed E-state index contributed by atoms with van der Waals surface area (Å²) in [7, 11) is 3.32. The Labute approximate surface area is 189 Å². The first-order chi connectivity index (χ1) is 15.4. The van der Waals surface area contributed by atoms with Crippen LogP contribution in [0.1, 0.15) is 37.8 Å². The Morgan fingerprint density at radius 1 is 1.19 bits per heavy atom. The van der Waals surface area contributed by atoms with Crippen LogP contribution >= 0.6 is 0 Å². The fourth-order valence-corrected chi connectivity index (χ4v) is 4.69. The molecule has 0 N–H and O–H groups in total. The van der Waals surface area contributed by atoms with Crippen molar-refractivity contribution in [3.8, 4) is 22.6 Å². The lowest BCUT2D eigenvalue weighted by molar-refractivity contribution is -0.127. The van der Waals surface area contributed by atoms with Crippen LogP contribution in [0.4, 0.5) is 0 Å². The zero-order chi connectivity index (χ0) is 22.8. The Hall–Kier alpha value is -3.21. The summed E-state index contributed by atoms with van der Waals surface area (Å²) in [5.41, 5.74) is 5.37. The maximum atomic E-state index is 13.0. The molecule has 1 aromatic heterocycles. The molecule has 1 unspecified atom stereocenters. The van der Waals surface area contributed by atoms with Gasteiger partial charge in [0.05, 0.1) is 20.5 Å². The molecule has 0 bridgehead atoms.